The van der Waals surface area contributed by atoms with Gasteiger partial charge < -0.3 is 10.1 Å². The van der Waals surface area contributed by atoms with Crippen LogP contribution in [0.25, 0.3) is 11.1 Å². The van der Waals surface area contributed by atoms with E-state index in [0.717, 1.165) is 30.3 Å². The monoisotopic (exact) mass is 301 g/mol. The quantitative estimate of drug-likeness (QED) is 0.901. The second kappa shape index (κ2) is 6.08. The lowest BCUT2D eigenvalue weighted by Crippen LogP contribution is -2.12. The Morgan fingerprint density at radius 2 is 2.10 bits per heavy atom. The summed E-state index contributed by atoms with van der Waals surface area (Å²) in [5.41, 5.74) is 4.97. The fourth-order valence-corrected chi connectivity index (χ4v) is 2.99. The highest BCUT2D eigenvalue weighted by molar-refractivity contribution is 6.30. The predicted octanol–water partition coefficient (Wildman–Crippen LogP) is 4.44. The van der Waals surface area contributed by atoms with Crippen LogP contribution in [0.2, 0.25) is 5.02 Å². The van der Waals surface area contributed by atoms with Crippen molar-refractivity contribution in [3.8, 4) is 16.9 Å². The Bertz CT molecular complexity index is 654. The van der Waals surface area contributed by atoms with Gasteiger partial charge >= 0.3 is 0 Å². The predicted molar refractivity (Wildman–Crippen MR) is 88.1 cm³/mol. The molecule has 0 aliphatic carbocycles. The highest BCUT2D eigenvalue weighted by Crippen LogP contribution is 2.34. The zero-order valence-electron chi connectivity index (χ0n) is 12.4. The summed E-state index contributed by atoms with van der Waals surface area (Å²) in [6.45, 7) is 6.03. The Hall–Kier alpha value is -1.51. The molecule has 1 atom stereocenters. The first-order chi connectivity index (χ1) is 10.2. The summed E-state index contributed by atoms with van der Waals surface area (Å²) in [5, 5.41) is 4.16. The maximum atomic E-state index is 6.20. The first-order valence-electron chi connectivity index (χ1n) is 7.46. The molecular formula is C18H20ClNO. The van der Waals surface area contributed by atoms with Gasteiger partial charge in [0.15, 0.2) is 0 Å². The number of nitrogens with one attached hydrogen (secondary N) is 1. The number of rotatable bonds is 4. The molecule has 3 rings (SSSR count). The van der Waals surface area contributed by atoms with Crippen molar-refractivity contribution in [1.82, 2.24) is 5.32 Å². The van der Waals surface area contributed by atoms with Gasteiger partial charge in [-0.2, -0.15) is 0 Å². The van der Waals surface area contributed by atoms with E-state index in [-0.39, 0.29) is 6.10 Å². The van der Waals surface area contributed by atoms with Crippen LogP contribution in [0.15, 0.2) is 36.4 Å². The van der Waals surface area contributed by atoms with Crippen LogP contribution in [0.1, 0.15) is 25.0 Å². The third kappa shape index (κ3) is 3.07. The Kier molecular flexibility index (Phi) is 4.18. The van der Waals surface area contributed by atoms with Crippen LogP contribution in [0.3, 0.4) is 0 Å². The van der Waals surface area contributed by atoms with Gasteiger partial charge in [-0.25, -0.2) is 0 Å². The van der Waals surface area contributed by atoms with Crippen molar-refractivity contribution in [3.63, 3.8) is 0 Å². The van der Waals surface area contributed by atoms with E-state index in [1.165, 1.54) is 22.3 Å². The largest absolute Gasteiger partial charge is 0.490 e. The van der Waals surface area contributed by atoms with Gasteiger partial charge in [-0.15, -0.1) is 0 Å². The first-order valence-corrected chi connectivity index (χ1v) is 7.84. The Balaban J connectivity index is 2.00. The molecule has 2 aromatic rings. The third-order valence-electron chi connectivity index (χ3n) is 3.84. The van der Waals surface area contributed by atoms with Crippen molar-refractivity contribution >= 4 is 11.6 Å². The first kappa shape index (κ1) is 14.4. The summed E-state index contributed by atoms with van der Waals surface area (Å²) >= 11 is 6.20. The number of fused-ring (bicyclic) bond motifs is 1. The van der Waals surface area contributed by atoms with E-state index in [1.807, 2.05) is 6.07 Å². The molecule has 2 aromatic carbocycles. The summed E-state index contributed by atoms with van der Waals surface area (Å²) in [4.78, 5) is 0. The molecule has 0 spiro atoms. The van der Waals surface area contributed by atoms with Crippen molar-refractivity contribution in [2.45, 2.75) is 32.9 Å². The van der Waals surface area contributed by atoms with Crippen LogP contribution in [0.5, 0.6) is 5.75 Å². The lowest BCUT2D eigenvalue weighted by molar-refractivity contribution is 0.254. The molecule has 0 saturated heterocycles. The van der Waals surface area contributed by atoms with Crippen LogP contribution in [-0.2, 0) is 13.0 Å². The van der Waals surface area contributed by atoms with Crippen molar-refractivity contribution in [3.05, 3.63) is 52.5 Å². The minimum Gasteiger partial charge on any atom is -0.490 e. The van der Waals surface area contributed by atoms with Crippen molar-refractivity contribution in [1.29, 1.82) is 0 Å². The minimum absolute atomic E-state index is 0.274. The van der Waals surface area contributed by atoms with E-state index in [2.05, 4.69) is 49.5 Å². The maximum absolute atomic E-state index is 6.20. The van der Waals surface area contributed by atoms with Crippen LogP contribution >= 0.6 is 11.6 Å². The molecule has 1 unspecified atom stereocenters. The molecular weight excluding hydrogens is 282 g/mol. The lowest BCUT2D eigenvalue weighted by Gasteiger charge is -2.12. The highest BCUT2D eigenvalue weighted by Gasteiger charge is 2.19. The molecule has 1 aliphatic heterocycles. The average molecular weight is 302 g/mol. The van der Waals surface area contributed by atoms with Gasteiger partial charge in [0.25, 0.3) is 0 Å². The van der Waals surface area contributed by atoms with Crippen LogP contribution in [0.4, 0.5) is 0 Å². The third-order valence-corrected chi connectivity index (χ3v) is 4.08. The number of hydrogen-bond donors (Lipinski definition) is 1. The Morgan fingerprint density at radius 3 is 2.90 bits per heavy atom. The molecule has 0 fully saturated rings. The average Bonchev–Trinajstić information content (AvgIpc) is 2.85. The molecule has 2 nitrogen and oxygen atoms in total. The van der Waals surface area contributed by atoms with E-state index in [1.54, 1.807) is 0 Å². The second-order valence-corrected chi connectivity index (χ2v) is 5.97. The molecule has 3 heteroatoms. The lowest BCUT2D eigenvalue weighted by atomic mass is 9.97. The molecule has 1 N–H and O–H groups in total. The zero-order valence-corrected chi connectivity index (χ0v) is 13.2. The number of halogens is 1. The number of benzene rings is 2. The number of hydrogen-bond acceptors (Lipinski definition) is 2. The summed E-state index contributed by atoms with van der Waals surface area (Å²) in [6, 6.07) is 12.5. The smallest absolute Gasteiger partial charge is 0.123 e. The van der Waals surface area contributed by atoms with Crippen LogP contribution in [-0.4, -0.2) is 12.6 Å². The molecule has 0 radical (unpaired) electrons. The van der Waals surface area contributed by atoms with Crippen molar-refractivity contribution in [2.75, 3.05) is 6.54 Å². The van der Waals surface area contributed by atoms with Gasteiger partial charge in [0.2, 0.25) is 0 Å². The summed E-state index contributed by atoms with van der Waals surface area (Å²) < 4.78 is 5.78. The zero-order chi connectivity index (χ0) is 14.8. The van der Waals surface area contributed by atoms with Crippen molar-refractivity contribution < 1.29 is 4.74 Å². The van der Waals surface area contributed by atoms with Gasteiger partial charge in [0, 0.05) is 18.0 Å². The van der Waals surface area contributed by atoms with E-state index in [9.17, 15) is 0 Å². The second-order valence-electron chi connectivity index (χ2n) is 5.54. The van der Waals surface area contributed by atoms with Gasteiger partial charge in [-0.05, 0) is 60.0 Å². The summed E-state index contributed by atoms with van der Waals surface area (Å²) in [6.07, 6.45) is 1.25. The molecule has 21 heavy (non-hydrogen) atoms. The normalized spacial score (nSPS) is 16.6. The highest BCUT2D eigenvalue weighted by atomic mass is 35.5. The minimum atomic E-state index is 0.274. The maximum Gasteiger partial charge on any atom is 0.123 e. The molecule has 1 heterocycles. The van der Waals surface area contributed by atoms with Crippen LogP contribution < -0.4 is 10.1 Å². The van der Waals surface area contributed by atoms with E-state index in [0.29, 0.717) is 0 Å². The summed E-state index contributed by atoms with van der Waals surface area (Å²) in [7, 11) is 0. The standard InChI is InChI=1S/C18H20ClNO/c1-3-20-11-14-4-6-16(19)10-17(14)13-5-7-18-15(9-13)8-12(2)21-18/h4-7,9-10,12,20H,3,8,11H2,1-2H3. The number of ether oxygens (including phenoxy) is 1. The molecule has 0 saturated carbocycles. The Labute approximate surface area is 131 Å². The van der Waals surface area contributed by atoms with Crippen molar-refractivity contribution in [2.24, 2.45) is 0 Å². The Morgan fingerprint density at radius 1 is 1.24 bits per heavy atom. The van der Waals surface area contributed by atoms with Gasteiger partial charge in [-0.3, -0.25) is 0 Å². The molecule has 0 bridgehead atoms. The van der Waals surface area contributed by atoms with E-state index < -0.39 is 0 Å². The van der Waals surface area contributed by atoms with Gasteiger partial charge in [0.05, 0.1) is 0 Å². The van der Waals surface area contributed by atoms with E-state index in [4.69, 9.17) is 16.3 Å². The fraction of sp³-hybridized carbons (Fsp3) is 0.333. The SMILES string of the molecule is CCNCc1ccc(Cl)cc1-c1ccc2c(c1)CC(C)O2. The molecule has 0 amide bonds. The van der Waals surface area contributed by atoms with Gasteiger partial charge in [0.1, 0.15) is 11.9 Å². The molecule has 0 aromatic heterocycles. The van der Waals surface area contributed by atoms with Gasteiger partial charge in [-0.1, -0.05) is 30.7 Å². The summed E-state index contributed by atoms with van der Waals surface area (Å²) in [5.74, 6) is 1.02. The topological polar surface area (TPSA) is 21.3 Å². The molecule has 110 valence electrons. The molecule has 1 aliphatic rings. The fourth-order valence-electron chi connectivity index (χ4n) is 2.82. The van der Waals surface area contributed by atoms with Crippen LogP contribution in [0, 0.1) is 0 Å². The van der Waals surface area contributed by atoms with E-state index >= 15 is 0 Å².